The summed E-state index contributed by atoms with van der Waals surface area (Å²) in [7, 11) is 0. The SMILES string of the molecule is O=C1Nc2ccccc2N(C(=O)CN2CC=CCC2)c2cscc21. The van der Waals surface area contributed by atoms with Crippen molar-refractivity contribution >= 4 is 40.2 Å². The molecule has 6 heteroatoms. The van der Waals surface area contributed by atoms with Crippen LogP contribution in [0.25, 0.3) is 0 Å². The van der Waals surface area contributed by atoms with Crippen LogP contribution in [-0.2, 0) is 4.79 Å². The summed E-state index contributed by atoms with van der Waals surface area (Å²) >= 11 is 1.43. The van der Waals surface area contributed by atoms with Gasteiger partial charge in [0.1, 0.15) is 0 Å². The second kappa shape index (κ2) is 6.22. The third-order valence-electron chi connectivity index (χ3n) is 4.27. The summed E-state index contributed by atoms with van der Waals surface area (Å²) in [6.45, 7) is 2.00. The van der Waals surface area contributed by atoms with Crippen molar-refractivity contribution in [1.29, 1.82) is 0 Å². The zero-order valence-electron chi connectivity index (χ0n) is 13.1. The van der Waals surface area contributed by atoms with Gasteiger partial charge >= 0.3 is 0 Å². The van der Waals surface area contributed by atoms with E-state index in [-0.39, 0.29) is 11.8 Å². The number of hydrogen-bond donors (Lipinski definition) is 1. The van der Waals surface area contributed by atoms with E-state index in [0.29, 0.717) is 23.5 Å². The minimum Gasteiger partial charge on any atom is -0.320 e. The van der Waals surface area contributed by atoms with Gasteiger partial charge in [0.15, 0.2) is 0 Å². The van der Waals surface area contributed by atoms with Crippen molar-refractivity contribution in [2.75, 3.05) is 29.9 Å². The smallest absolute Gasteiger partial charge is 0.258 e. The fourth-order valence-corrected chi connectivity index (χ4v) is 3.88. The van der Waals surface area contributed by atoms with Crippen molar-refractivity contribution in [3.05, 3.63) is 52.7 Å². The van der Waals surface area contributed by atoms with E-state index in [1.807, 2.05) is 29.6 Å². The van der Waals surface area contributed by atoms with Gasteiger partial charge in [-0.15, -0.1) is 11.3 Å². The Bertz CT molecular complexity index is 827. The number of carbonyl (C=O) groups excluding carboxylic acids is 2. The summed E-state index contributed by atoms with van der Waals surface area (Å²) in [5, 5.41) is 6.56. The molecule has 0 aliphatic carbocycles. The molecule has 122 valence electrons. The van der Waals surface area contributed by atoms with Gasteiger partial charge in [-0.05, 0) is 18.6 Å². The maximum atomic E-state index is 13.1. The van der Waals surface area contributed by atoms with Crippen LogP contribution in [0.3, 0.4) is 0 Å². The lowest BCUT2D eigenvalue weighted by atomic mass is 10.2. The first kappa shape index (κ1) is 15.1. The van der Waals surface area contributed by atoms with Crippen LogP contribution >= 0.6 is 11.3 Å². The number of anilines is 3. The quantitative estimate of drug-likeness (QED) is 0.855. The van der Waals surface area contributed by atoms with Crippen LogP contribution in [0.15, 0.2) is 47.2 Å². The maximum absolute atomic E-state index is 13.1. The number of fused-ring (bicyclic) bond motifs is 2. The average Bonchev–Trinajstić information content (AvgIpc) is 3.03. The standard InChI is InChI=1S/C18H17N3O2S/c22-17(10-20-8-4-1-5-9-20)21-15-7-3-2-6-14(15)19-18(23)13-11-24-12-16(13)21/h1-4,6-7,11-12H,5,8-10H2,(H,19,23). The molecule has 0 radical (unpaired) electrons. The molecule has 4 rings (SSSR count). The number of para-hydroxylation sites is 2. The molecule has 2 aliphatic rings. The summed E-state index contributed by atoms with van der Waals surface area (Å²) in [5.41, 5.74) is 2.60. The van der Waals surface area contributed by atoms with Crippen LogP contribution in [0.5, 0.6) is 0 Å². The second-order valence-electron chi connectivity index (χ2n) is 5.87. The Morgan fingerprint density at radius 1 is 1.17 bits per heavy atom. The molecule has 0 spiro atoms. The highest BCUT2D eigenvalue weighted by Crippen LogP contribution is 2.39. The molecule has 1 aromatic carbocycles. The molecule has 24 heavy (non-hydrogen) atoms. The minimum absolute atomic E-state index is 0.0195. The van der Waals surface area contributed by atoms with Gasteiger partial charge in [-0.25, -0.2) is 0 Å². The van der Waals surface area contributed by atoms with Crippen LogP contribution in [0.4, 0.5) is 17.1 Å². The Kier molecular flexibility index (Phi) is 3.92. The highest BCUT2D eigenvalue weighted by molar-refractivity contribution is 7.08. The topological polar surface area (TPSA) is 52.7 Å². The van der Waals surface area contributed by atoms with Crippen molar-refractivity contribution in [3.63, 3.8) is 0 Å². The van der Waals surface area contributed by atoms with Crippen LogP contribution in [0.1, 0.15) is 16.8 Å². The lowest BCUT2D eigenvalue weighted by Gasteiger charge is -2.27. The Hall–Kier alpha value is -2.44. The van der Waals surface area contributed by atoms with Gasteiger partial charge in [-0.1, -0.05) is 24.3 Å². The van der Waals surface area contributed by atoms with E-state index in [1.165, 1.54) is 11.3 Å². The molecule has 0 unspecified atom stereocenters. The zero-order valence-corrected chi connectivity index (χ0v) is 13.9. The Balaban J connectivity index is 1.73. The molecule has 0 saturated heterocycles. The highest BCUT2D eigenvalue weighted by atomic mass is 32.1. The average molecular weight is 339 g/mol. The van der Waals surface area contributed by atoms with Crippen LogP contribution in [-0.4, -0.2) is 36.3 Å². The molecule has 3 heterocycles. The first-order chi connectivity index (χ1) is 11.7. The normalized spacial score (nSPS) is 17.0. The van der Waals surface area contributed by atoms with Gasteiger partial charge in [0.05, 0.1) is 29.2 Å². The molecular formula is C18H17N3O2S. The molecule has 0 atom stereocenters. The Labute approximate surface area is 144 Å². The number of benzene rings is 1. The van der Waals surface area contributed by atoms with Crippen molar-refractivity contribution < 1.29 is 9.59 Å². The fourth-order valence-electron chi connectivity index (χ4n) is 3.09. The van der Waals surface area contributed by atoms with Crippen molar-refractivity contribution in [2.45, 2.75) is 6.42 Å². The summed E-state index contributed by atoms with van der Waals surface area (Å²) in [6.07, 6.45) is 5.20. The number of nitrogens with zero attached hydrogens (tertiary/aromatic N) is 2. The summed E-state index contributed by atoms with van der Waals surface area (Å²) in [5.74, 6) is -0.191. The number of rotatable bonds is 2. The molecule has 2 aromatic rings. The molecule has 1 N–H and O–H groups in total. The third kappa shape index (κ3) is 2.64. The summed E-state index contributed by atoms with van der Waals surface area (Å²) in [6, 6.07) is 7.44. The first-order valence-electron chi connectivity index (χ1n) is 7.91. The van der Waals surface area contributed by atoms with E-state index >= 15 is 0 Å². The molecule has 2 aliphatic heterocycles. The van der Waals surface area contributed by atoms with Gasteiger partial charge in [0.2, 0.25) is 5.91 Å². The monoisotopic (exact) mass is 339 g/mol. The molecule has 0 saturated carbocycles. The van der Waals surface area contributed by atoms with E-state index in [2.05, 4.69) is 22.4 Å². The largest absolute Gasteiger partial charge is 0.320 e. The third-order valence-corrected chi connectivity index (χ3v) is 5.00. The lowest BCUT2D eigenvalue weighted by Crippen LogP contribution is -2.39. The Morgan fingerprint density at radius 2 is 2.04 bits per heavy atom. The van der Waals surface area contributed by atoms with Crippen molar-refractivity contribution in [3.8, 4) is 0 Å². The molecular weight excluding hydrogens is 322 g/mol. The zero-order chi connectivity index (χ0) is 16.5. The van der Waals surface area contributed by atoms with Crippen LogP contribution < -0.4 is 10.2 Å². The van der Waals surface area contributed by atoms with Crippen LogP contribution in [0, 0.1) is 0 Å². The predicted molar refractivity (Wildman–Crippen MR) is 96.1 cm³/mol. The van der Waals surface area contributed by atoms with Gasteiger partial charge in [-0.2, -0.15) is 0 Å². The summed E-state index contributed by atoms with van der Waals surface area (Å²) in [4.78, 5) is 29.3. The van der Waals surface area contributed by atoms with Gasteiger partial charge in [0, 0.05) is 23.8 Å². The van der Waals surface area contributed by atoms with Gasteiger partial charge in [-0.3, -0.25) is 19.4 Å². The number of carbonyl (C=O) groups is 2. The molecule has 2 amide bonds. The number of thiophene rings is 1. The molecule has 5 nitrogen and oxygen atoms in total. The van der Waals surface area contributed by atoms with Gasteiger partial charge in [0.25, 0.3) is 5.91 Å². The minimum atomic E-state index is -0.171. The highest BCUT2D eigenvalue weighted by Gasteiger charge is 2.30. The first-order valence-corrected chi connectivity index (χ1v) is 8.85. The molecule has 1 aromatic heterocycles. The number of hydrogen-bond acceptors (Lipinski definition) is 4. The molecule has 0 bridgehead atoms. The van der Waals surface area contributed by atoms with Crippen LogP contribution in [0.2, 0.25) is 0 Å². The van der Waals surface area contributed by atoms with Gasteiger partial charge < -0.3 is 5.32 Å². The number of nitrogens with one attached hydrogen (secondary N) is 1. The fraction of sp³-hybridized carbons (Fsp3) is 0.222. The summed E-state index contributed by atoms with van der Waals surface area (Å²) < 4.78 is 0. The van der Waals surface area contributed by atoms with E-state index < -0.39 is 0 Å². The lowest BCUT2D eigenvalue weighted by molar-refractivity contribution is -0.118. The molecule has 0 fully saturated rings. The van der Waals surface area contributed by atoms with E-state index in [0.717, 1.165) is 25.2 Å². The van der Waals surface area contributed by atoms with E-state index in [4.69, 9.17) is 0 Å². The Morgan fingerprint density at radius 3 is 2.88 bits per heavy atom. The van der Waals surface area contributed by atoms with E-state index in [1.54, 1.807) is 10.3 Å². The number of amides is 2. The predicted octanol–water partition coefficient (Wildman–Crippen LogP) is 3.24. The second-order valence-corrected chi connectivity index (χ2v) is 6.61. The van der Waals surface area contributed by atoms with Crippen molar-refractivity contribution in [2.24, 2.45) is 0 Å². The maximum Gasteiger partial charge on any atom is 0.258 e. The van der Waals surface area contributed by atoms with E-state index in [9.17, 15) is 9.59 Å². The van der Waals surface area contributed by atoms with Crippen molar-refractivity contribution in [1.82, 2.24) is 4.90 Å².